The summed E-state index contributed by atoms with van der Waals surface area (Å²) < 4.78 is 3.11. The molecular formula is C26H40N4O7S2. The average molecular weight is 585 g/mol. The molecule has 11 nitrogen and oxygen atoms in total. The van der Waals surface area contributed by atoms with Crippen LogP contribution in [0.2, 0.25) is 0 Å². The first-order chi connectivity index (χ1) is 17.7. The highest BCUT2D eigenvalue weighted by Crippen LogP contribution is 2.19. The van der Waals surface area contributed by atoms with Crippen LogP contribution in [0.15, 0.2) is 30.3 Å². The number of carbonyl (C=O) groups excluding carboxylic acids is 4. The van der Waals surface area contributed by atoms with Gasteiger partial charge in [-0.3, -0.25) is 14.4 Å². The molecule has 0 spiro atoms. The van der Waals surface area contributed by atoms with E-state index in [1.54, 1.807) is 78.8 Å². The molecule has 0 heterocycles. The van der Waals surface area contributed by atoms with Gasteiger partial charge in [0.25, 0.3) is 0 Å². The molecule has 0 saturated carbocycles. The third-order valence-corrected chi connectivity index (χ3v) is 5.74. The van der Waals surface area contributed by atoms with Crippen LogP contribution in [0, 0.1) is 0 Å². The molecule has 218 valence electrons. The smallest absolute Gasteiger partial charge is 0.408 e. The number of hydrogen-bond acceptors (Lipinski definition) is 8. The number of carbonyl (C=O) groups is 5. The highest BCUT2D eigenvalue weighted by molar-refractivity contribution is 7.82. The number of ether oxygens (including phenoxy) is 1. The average Bonchev–Trinajstić information content (AvgIpc) is 2.76. The molecule has 39 heavy (non-hydrogen) atoms. The molecule has 0 unspecified atom stereocenters. The van der Waals surface area contributed by atoms with Gasteiger partial charge in [-0.25, -0.2) is 9.59 Å². The van der Waals surface area contributed by atoms with Crippen molar-refractivity contribution in [1.82, 2.24) is 21.3 Å². The molecular weight excluding hydrogens is 544 g/mol. The fourth-order valence-electron chi connectivity index (χ4n) is 3.35. The Morgan fingerprint density at radius 3 is 1.82 bits per heavy atom. The second kappa shape index (κ2) is 13.9. The molecule has 5 N–H and O–H groups in total. The second-order valence-electron chi connectivity index (χ2n) is 11.2. The van der Waals surface area contributed by atoms with E-state index in [0.29, 0.717) is 0 Å². The van der Waals surface area contributed by atoms with Crippen molar-refractivity contribution < 1.29 is 33.8 Å². The van der Waals surface area contributed by atoms with Crippen molar-refractivity contribution in [1.29, 1.82) is 0 Å². The zero-order valence-corrected chi connectivity index (χ0v) is 25.1. The molecule has 0 aliphatic carbocycles. The fraction of sp³-hybridized carbons (Fsp3) is 0.577. The summed E-state index contributed by atoms with van der Waals surface area (Å²) in [5.41, 5.74) is -0.0699. The van der Waals surface area contributed by atoms with E-state index in [-0.39, 0.29) is 6.42 Å². The Kier molecular flexibility index (Phi) is 12.2. The molecule has 1 aromatic carbocycles. The first-order valence-electron chi connectivity index (χ1n) is 12.3. The monoisotopic (exact) mass is 584 g/mol. The lowest BCUT2D eigenvalue weighted by Crippen LogP contribution is -2.59. The maximum absolute atomic E-state index is 13.1. The Labute approximate surface area is 240 Å². The molecule has 1 aromatic rings. The summed E-state index contributed by atoms with van der Waals surface area (Å²) in [6, 6.07) is 5.20. The van der Waals surface area contributed by atoms with E-state index in [4.69, 9.17) is 4.74 Å². The van der Waals surface area contributed by atoms with Gasteiger partial charge in [0.05, 0.1) is 6.54 Å². The van der Waals surface area contributed by atoms with Gasteiger partial charge in [0.15, 0.2) is 0 Å². The molecule has 0 aliphatic heterocycles. The van der Waals surface area contributed by atoms with Crippen molar-refractivity contribution in [3.8, 4) is 0 Å². The van der Waals surface area contributed by atoms with E-state index in [0.717, 1.165) is 5.56 Å². The van der Waals surface area contributed by atoms with E-state index in [2.05, 4.69) is 46.5 Å². The zero-order chi connectivity index (χ0) is 30.2. The van der Waals surface area contributed by atoms with Gasteiger partial charge in [0.1, 0.15) is 23.7 Å². The van der Waals surface area contributed by atoms with Crippen LogP contribution in [0.5, 0.6) is 0 Å². The molecule has 0 bridgehead atoms. The number of amides is 4. The van der Waals surface area contributed by atoms with Crippen LogP contribution < -0.4 is 21.3 Å². The standard InChI is InChI=1S/C26H40N4O7S2/c1-24(2,3)37-23(36)30-18(25(4,5)38)21(33)27-14-17(31)28-16(13-15-11-9-8-10-12-15)20(32)29-19(22(34)35)26(6,7)39/h8-12,16,18-19,38-39H,13-14H2,1-7H3,(H,27,33)(H,28,31)(H,29,32)(H,30,36)(H,34,35)/t16-,18-,19-/m0/s1. The first kappa shape index (κ1) is 34.1. The molecule has 0 fully saturated rings. The van der Waals surface area contributed by atoms with Crippen LogP contribution in [-0.2, 0) is 30.3 Å². The van der Waals surface area contributed by atoms with Crippen LogP contribution >= 0.6 is 25.3 Å². The summed E-state index contributed by atoms with van der Waals surface area (Å²) in [7, 11) is 0. The van der Waals surface area contributed by atoms with E-state index in [1.807, 2.05) is 0 Å². The van der Waals surface area contributed by atoms with Crippen LogP contribution in [0.1, 0.15) is 54.0 Å². The summed E-state index contributed by atoms with van der Waals surface area (Å²) in [6.45, 7) is 10.8. The summed E-state index contributed by atoms with van der Waals surface area (Å²) >= 11 is 8.66. The molecule has 3 atom stereocenters. The normalized spacial score (nSPS) is 14.3. The predicted octanol–water partition coefficient (Wildman–Crippen LogP) is 1.71. The zero-order valence-electron chi connectivity index (χ0n) is 23.3. The minimum absolute atomic E-state index is 0.0677. The third-order valence-electron chi connectivity index (χ3n) is 5.23. The third kappa shape index (κ3) is 12.6. The van der Waals surface area contributed by atoms with Crippen molar-refractivity contribution in [2.45, 2.75) is 88.1 Å². The highest BCUT2D eigenvalue weighted by atomic mass is 32.1. The number of alkyl carbamates (subject to hydrolysis) is 1. The van der Waals surface area contributed by atoms with E-state index < -0.39 is 69.5 Å². The number of nitrogens with one attached hydrogen (secondary N) is 4. The lowest BCUT2D eigenvalue weighted by molar-refractivity contribution is -0.143. The molecule has 0 aliphatic rings. The number of rotatable bonds is 12. The van der Waals surface area contributed by atoms with Crippen molar-refractivity contribution in [3.05, 3.63) is 35.9 Å². The molecule has 0 radical (unpaired) electrons. The Morgan fingerprint density at radius 2 is 1.36 bits per heavy atom. The van der Waals surface area contributed by atoms with Crippen molar-refractivity contribution >= 4 is 55.0 Å². The number of carboxylic acids is 1. The molecule has 13 heteroatoms. The van der Waals surface area contributed by atoms with Gasteiger partial charge in [-0.15, -0.1) is 0 Å². The second-order valence-corrected chi connectivity index (χ2v) is 13.5. The molecule has 0 saturated heterocycles. The molecule has 0 aromatic heterocycles. The number of benzene rings is 1. The van der Waals surface area contributed by atoms with Gasteiger partial charge in [-0.1, -0.05) is 30.3 Å². The van der Waals surface area contributed by atoms with Crippen LogP contribution in [0.4, 0.5) is 4.79 Å². The SMILES string of the molecule is CC(C)(C)OC(=O)N[C@@H](C(=O)NCC(=O)N[C@@H](Cc1ccccc1)C(=O)N[C@@H](C(=O)O)C(C)(C)S)C(C)(C)S. The molecule has 1 rings (SSSR count). The van der Waals surface area contributed by atoms with E-state index in [1.165, 1.54) is 0 Å². The van der Waals surface area contributed by atoms with Crippen molar-refractivity contribution in [2.75, 3.05) is 6.54 Å². The minimum Gasteiger partial charge on any atom is -0.480 e. The topological polar surface area (TPSA) is 163 Å². The summed E-state index contributed by atoms with van der Waals surface area (Å²) in [4.78, 5) is 62.7. The van der Waals surface area contributed by atoms with Crippen molar-refractivity contribution in [3.63, 3.8) is 0 Å². The molecule has 4 amide bonds. The lowest BCUT2D eigenvalue weighted by atomic mass is 10.0. The number of thiol groups is 2. The Hall–Kier alpha value is -2.93. The van der Waals surface area contributed by atoms with Gasteiger partial charge in [0.2, 0.25) is 17.7 Å². The first-order valence-corrected chi connectivity index (χ1v) is 13.2. The summed E-state index contributed by atoms with van der Waals surface area (Å²) in [5.74, 6) is -3.40. The van der Waals surface area contributed by atoms with Crippen LogP contribution in [-0.4, -0.2) is 74.7 Å². The number of hydrogen-bond donors (Lipinski definition) is 7. The summed E-state index contributed by atoms with van der Waals surface area (Å²) in [5, 5.41) is 19.5. The van der Waals surface area contributed by atoms with Crippen LogP contribution in [0.3, 0.4) is 0 Å². The largest absolute Gasteiger partial charge is 0.480 e. The van der Waals surface area contributed by atoms with Gasteiger partial charge in [-0.05, 0) is 54.0 Å². The number of carboxylic acid groups (broad SMARTS) is 1. The summed E-state index contributed by atoms with van der Waals surface area (Å²) in [6.07, 6.45) is -0.757. The van der Waals surface area contributed by atoms with Crippen molar-refractivity contribution in [2.24, 2.45) is 0 Å². The quantitative estimate of drug-likeness (QED) is 0.184. The van der Waals surface area contributed by atoms with Gasteiger partial charge in [0, 0.05) is 15.9 Å². The van der Waals surface area contributed by atoms with Gasteiger partial charge >= 0.3 is 12.1 Å². The predicted molar refractivity (Wildman–Crippen MR) is 154 cm³/mol. The van der Waals surface area contributed by atoms with Gasteiger partial charge in [-0.2, -0.15) is 25.3 Å². The van der Waals surface area contributed by atoms with Gasteiger partial charge < -0.3 is 31.1 Å². The Bertz CT molecular complexity index is 1030. The Morgan fingerprint density at radius 1 is 0.821 bits per heavy atom. The van der Waals surface area contributed by atoms with E-state index in [9.17, 15) is 29.1 Å². The van der Waals surface area contributed by atoms with Crippen LogP contribution in [0.25, 0.3) is 0 Å². The minimum atomic E-state index is -1.33. The maximum Gasteiger partial charge on any atom is 0.408 e. The fourth-order valence-corrected chi connectivity index (χ4v) is 3.70. The maximum atomic E-state index is 13.1. The number of aliphatic carboxylic acids is 1. The highest BCUT2D eigenvalue weighted by Gasteiger charge is 2.37. The Balaban J connectivity index is 2.98. The van der Waals surface area contributed by atoms with E-state index >= 15 is 0 Å². The lowest BCUT2D eigenvalue weighted by Gasteiger charge is -2.30.